The first-order chi connectivity index (χ1) is 14.2. The molecule has 158 valence electrons. The number of carbonyl (C=O) groups is 1. The van der Waals surface area contributed by atoms with E-state index >= 15 is 0 Å². The molecule has 2 aliphatic heterocycles. The highest BCUT2D eigenvalue weighted by molar-refractivity contribution is 5.81. The molecule has 0 aliphatic carbocycles. The van der Waals surface area contributed by atoms with Crippen molar-refractivity contribution < 1.29 is 18.8 Å². The third-order valence-electron chi connectivity index (χ3n) is 6.20. The number of likely N-dealkylation sites (tertiary alicyclic amines) is 2. The van der Waals surface area contributed by atoms with Crippen LogP contribution in [0.4, 0.5) is 4.79 Å². The molecule has 0 unspecified atom stereocenters. The molecule has 0 atom stereocenters. The second-order valence-corrected chi connectivity index (χ2v) is 7.89. The monoisotopic (exact) mass is 401 g/mol. The molecule has 7 heteroatoms. The Morgan fingerprint density at radius 2 is 1.86 bits per heavy atom. The zero-order valence-corrected chi connectivity index (χ0v) is 17.4. The summed E-state index contributed by atoms with van der Waals surface area (Å²) in [7, 11) is 0. The summed E-state index contributed by atoms with van der Waals surface area (Å²) < 4.78 is 16.3. The van der Waals surface area contributed by atoms with Crippen molar-refractivity contribution in [2.24, 2.45) is 0 Å². The maximum absolute atomic E-state index is 11.9. The topological polar surface area (TPSA) is 68.0 Å². The fourth-order valence-corrected chi connectivity index (χ4v) is 4.65. The summed E-state index contributed by atoms with van der Waals surface area (Å²) in [4.78, 5) is 16.3. The van der Waals surface area contributed by atoms with Crippen LogP contribution in [0.3, 0.4) is 0 Å². The maximum Gasteiger partial charge on any atom is 0.409 e. The summed E-state index contributed by atoms with van der Waals surface area (Å²) in [6.45, 7) is 8.64. The van der Waals surface area contributed by atoms with Crippen LogP contribution in [0.5, 0.6) is 5.75 Å². The average Bonchev–Trinajstić information content (AvgIpc) is 3.18. The summed E-state index contributed by atoms with van der Waals surface area (Å²) in [5, 5.41) is 5.48. The van der Waals surface area contributed by atoms with E-state index in [0.717, 1.165) is 74.3 Å². The quantitative estimate of drug-likeness (QED) is 0.754. The van der Waals surface area contributed by atoms with Gasteiger partial charge in [-0.15, -0.1) is 0 Å². The Morgan fingerprint density at radius 1 is 1.10 bits per heavy atom. The van der Waals surface area contributed by atoms with Gasteiger partial charge < -0.3 is 23.8 Å². The number of amides is 1. The van der Waals surface area contributed by atoms with E-state index in [1.165, 1.54) is 0 Å². The Balaban J connectivity index is 1.34. The van der Waals surface area contributed by atoms with Crippen molar-refractivity contribution in [2.45, 2.75) is 51.5 Å². The molecule has 2 saturated heterocycles. The Labute approximate surface area is 171 Å². The van der Waals surface area contributed by atoms with Crippen molar-refractivity contribution in [2.75, 3.05) is 39.4 Å². The average molecular weight is 402 g/mol. The van der Waals surface area contributed by atoms with Crippen LogP contribution in [0.15, 0.2) is 22.7 Å². The van der Waals surface area contributed by atoms with Gasteiger partial charge in [0.2, 0.25) is 0 Å². The molecule has 0 spiro atoms. The molecule has 1 aromatic heterocycles. The van der Waals surface area contributed by atoms with Crippen molar-refractivity contribution in [1.29, 1.82) is 0 Å². The number of ether oxygens (including phenoxy) is 2. The van der Waals surface area contributed by atoms with Gasteiger partial charge in [-0.3, -0.25) is 0 Å². The van der Waals surface area contributed by atoms with E-state index in [1.807, 2.05) is 30.9 Å². The number of aromatic nitrogens is 1. The number of carbonyl (C=O) groups excluding carboxylic acids is 1. The second kappa shape index (κ2) is 9.03. The lowest BCUT2D eigenvalue weighted by Gasteiger charge is -2.41. The van der Waals surface area contributed by atoms with Gasteiger partial charge in [0.25, 0.3) is 0 Å². The number of hydrogen-bond donors (Lipinski definition) is 0. The molecular weight excluding hydrogens is 370 g/mol. The molecule has 0 saturated carbocycles. The molecular formula is C22H31N3O4. The first-order valence-corrected chi connectivity index (χ1v) is 10.9. The van der Waals surface area contributed by atoms with Crippen LogP contribution in [0.25, 0.3) is 11.0 Å². The van der Waals surface area contributed by atoms with Crippen molar-refractivity contribution in [3.05, 3.63) is 23.9 Å². The number of piperidine rings is 2. The van der Waals surface area contributed by atoms with E-state index in [-0.39, 0.29) is 6.09 Å². The van der Waals surface area contributed by atoms with Crippen molar-refractivity contribution in [3.63, 3.8) is 0 Å². The molecule has 0 bridgehead atoms. The highest BCUT2D eigenvalue weighted by Gasteiger charge is 2.31. The highest BCUT2D eigenvalue weighted by Crippen LogP contribution is 2.35. The van der Waals surface area contributed by atoms with E-state index in [9.17, 15) is 4.79 Å². The minimum atomic E-state index is -0.172. The van der Waals surface area contributed by atoms with Crippen LogP contribution >= 0.6 is 0 Å². The van der Waals surface area contributed by atoms with Crippen LogP contribution in [-0.2, 0) is 4.74 Å². The third-order valence-corrected chi connectivity index (χ3v) is 6.20. The summed E-state index contributed by atoms with van der Waals surface area (Å²) in [5.41, 5.74) is 1.90. The number of hydrogen-bond acceptors (Lipinski definition) is 6. The van der Waals surface area contributed by atoms with Gasteiger partial charge in [0.15, 0.2) is 5.58 Å². The number of fused-ring (bicyclic) bond motifs is 1. The molecule has 1 amide bonds. The molecule has 1 aromatic carbocycles. The van der Waals surface area contributed by atoms with Gasteiger partial charge >= 0.3 is 6.09 Å². The lowest BCUT2D eigenvalue weighted by Crippen LogP contribution is -2.49. The lowest BCUT2D eigenvalue weighted by molar-refractivity contribution is 0.0660. The van der Waals surface area contributed by atoms with Gasteiger partial charge in [0.05, 0.1) is 18.9 Å². The van der Waals surface area contributed by atoms with Gasteiger partial charge in [0, 0.05) is 30.4 Å². The minimum absolute atomic E-state index is 0.172. The molecule has 0 N–H and O–H groups in total. The Kier molecular flexibility index (Phi) is 6.23. The highest BCUT2D eigenvalue weighted by atomic mass is 16.6. The second-order valence-electron chi connectivity index (χ2n) is 7.89. The number of benzene rings is 1. The molecule has 4 rings (SSSR count). The Bertz CT molecular complexity index is 821. The van der Waals surface area contributed by atoms with E-state index in [0.29, 0.717) is 25.2 Å². The van der Waals surface area contributed by atoms with Gasteiger partial charge in [-0.25, -0.2) is 4.79 Å². The van der Waals surface area contributed by atoms with Crippen LogP contribution in [-0.4, -0.2) is 66.5 Å². The van der Waals surface area contributed by atoms with Crippen LogP contribution in [0.2, 0.25) is 0 Å². The fraction of sp³-hybridized carbons (Fsp3) is 0.636. The van der Waals surface area contributed by atoms with Gasteiger partial charge in [0.1, 0.15) is 5.75 Å². The standard InChI is InChI=1S/C22H31N3O4/c1-3-27-18-5-6-20-19(15-18)21(23-29-20)16-7-11-24(12-8-16)17-9-13-25(14-10-17)22(26)28-4-2/h5-6,15-17H,3-4,7-14H2,1-2H3. The van der Waals surface area contributed by atoms with Crippen LogP contribution < -0.4 is 4.74 Å². The Morgan fingerprint density at radius 3 is 2.55 bits per heavy atom. The normalized spacial score (nSPS) is 19.6. The molecule has 2 aromatic rings. The summed E-state index contributed by atoms with van der Waals surface area (Å²) >= 11 is 0. The zero-order valence-electron chi connectivity index (χ0n) is 17.4. The minimum Gasteiger partial charge on any atom is -0.494 e. The maximum atomic E-state index is 11.9. The molecule has 2 fully saturated rings. The zero-order chi connectivity index (χ0) is 20.2. The molecule has 3 heterocycles. The SMILES string of the molecule is CCOC(=O)N1CCC(N2CCC(c3noc4ccc(OCC)cc34)CC2)CC1. The number of nitrogens with zero attached hydrogens (tertiary/aromatic N) is 3. The smallest absolute Gasteiger partial charge is 0.409 e. The van der Waals surface area contributed by atoms with Crippen molar-refractivity contribution >= 4 is 17.1 Å². The first-order valence-electron chi connectivity index (χ1n) is 10.9. The van der Waals surface area contributed by atoms with Crippen LogP contribution in [0, 0.1) is 0 Å². The van der Waals surface area contributed by atoms with Crippen LogP contribution in [0.1, 0.15) is 51.1 Å². The molecule has 2 aliphatic rings. The number of rotatable bonds is 5. The van der Waals surface area contributed by atoms with Crippen molar-refractivity contribution in [1.82, 2.24) is 15.0 Å². The largest absolute Gasteiger partial charge is 0.494 e. The van der Waals surface area contributed by atoms with E-state index in [1.54, 1.807) is 0 Å². The third kappa shape index (κ3) is 4.34. The van der Waals surface area contributed by atoms with E-state index in [2.05, 4.69) is 16.1 Å². The molecule has 0 radical (unpaired) electrons. The summed E-state index contributed by atoms with van der Waals surface area (Å²) in [5.74, 6) is 1.29. The van der Waals surface area contributed by atoms with Gasteiger partial charge in [-0.05, 0) is 70.8 Å². The Hall–Kier alpha value is -2.28. The fourth-order valence-electron chi connectivity index (χ4n) is 4.65. The predicted molar refractivity (Wildman–Crippen MR) is 110 cm³/mol. The van der Waals surface area contributed by atoms with E-state index < -0.39 is 0 Å². The van der Waals surface area contributed by atoms with Crippen molar-refractivity contribution in [3.8, 4) is 5.75 Å². The molecule has 29 heavy (non-hydrogen) atoms. The summed E-state index contributed by atoms with van der Waals surface area (Å²) in [6, 6.07) is 6.50. The predicted octanol–water partition coefficient (Wildman–Crippen LogP) is 4.03. The first kappa shape index (κ1) is 20.0. The summed E-state index contributed by atoms with van der Waals surface area (Å²) in [6.07, 6.45) is 4.04. The van der Waals surface area contributed by atoms with Gasteiger partial charge in [-0.1, -0.05) is 5.16 Å². The molecule has 7 nitrogen and oxygen atoms in total. The van der Waals surface area contributed by atoms with E-state index in [4.69, 9.17) is 14.0 Å². The lowest BCUT2D eigenvalue weighted by atomic mass is 9.89. The van der Waals surface area contributed by atoms with Gasteiger partial charge in [-0.2, -0.15) is 0 Å².